The van der Waals surface area contributed by atoms with E-state index in [2.05, 4.69) is 25.7 Å². The Morgan fingerprint density at radius 3 is 2.45 bits per heavy atom. The third-order valence-electron chi connectivity index (χ3n) is 3.80. The summed E-state index contributed by atoms with van der Waals surface area (Å²) in [7, 11) is 0. The van der Waals surface area contributed by atoms with Crippen LogP contribution in [0, 0.1) is 5.92 Å². The third-order valence-corrected chi connectivity index (χ3v) is 3.80. The van der Waals surface area contributed by atoms with E-state index in [0.717, 1.165) is 0 Å². The van der Waals surface area contributed by atoms with Gasteiger partial charge in [0.25, 0.3) is 5.91 Å². The summed E-state index contributed by atoms with van der Waals surface area (Å²) in [6.45, 7) is 11.7. The average molecular weight is 303 g/mol. The van der Waals surface area contributed by atoms with E-state index in [-0.39, 0.29) is 30.1 Å². The summed E-state index contributed by atoms with van der Waals surface area (Å²) >= 11 is 0. The van der Waals surface area contributed by atoms with Gasteiger partial charge in [-0.3, -0.25) is 4.79 Å². The summed E-state index contributed by atoms with van der Waals surface area (Å²) in [6, 6.07) is 9.04. The molecule has 0 aromatic heterocycles. The standard InChI is InChI=1S/C18H25NO3/c1-6-14-16(22-18(4,5)21-14)15(12(2)3)19-17(20)13-10-8-7-9-11-13/h6-12,14-16H,1H2,2-5H3,(H,19,20)/t14-,15+,16+/m1/s1. The SMILES string of the molecule is C=C[C@H]1OC(C)(C)O[C@@H]1[C@@H](NC(=O)c1ccccc1)C(C)C. The minimum absolute atomic E-state index is 0.101. The van der Waals surface area contributed by atoms with Crippen LogP contribution < -0.4 is 5.32 Å². The molecule has 1 N–H and O–H groups in total. The number of nitrogens with one attached hydrogen (secondary N) is 1. The van der Waals surface area contributed by atoms with Crippen LogP contribution in [0.25, 0.3) is 0 Å². The molecule has 2 rings (SSSR count). The molecule has 1 aliphatic heterocycles. The van der Waals surface area contributed by atoms with Crippen LogP contribution in [-0.2, 0) is 9.47 Å². The van der Waals surface area contributed by atoms with Crippen molar-refractivity contribution in [3.63, 3.8) is 0 Å². The van der Waals surface area contributed by atoms with E-state index in [0.29, 0.717) is 5.56 Å². The fourth-order valence-corrected chi connectivity index (χ4v) is 2.73. The molecule has 0 bridgehead atoms. The van der Waals surface area contributed by atoms with Gasteiger partial charge in [-0.05, 0) is 31.9 Å². The van der Waals surface area contributed by atoms with Crippen LogP contribution in [0.3, 0.4) is 0 Å². The Bertz CT molecular complexity index is 524. The number of rotatable bonds is 5. The molecule has 0 spiro atoms. The lowest BCUT2D eigenvalue weighted by Gasteiger charge is -2.29. The predicted molar refractivity (Wildman–Crippen MR) is 86.6 cm³/mol. The molecular weight excluding hydrogens is 278 g/mol. The number of benzene rings is 1. The first-order valence-corrected chi connectivity index (χ1v) is 7.68. The maximum atomic E-state index is 12.4. The molecular formula is C18H25NO3. The molecule has 1 fully saturated rings. The van der Waals surface area contributed by atoms with Crippen molar-refractivity contribution in [1.29, 1.82) is 0 Å². The topological polar surface area (TPSA) is 47.6 Å². The van der Waals surface area contributed by atoms with Crippen molar-refractivity contribution in [1.82, 2.24) is 5.32 Å². The number of ether oxygens (including phenoxy) is 2. The largest absolute Gasteiger partial charge is 0.346 e. The van der Waals surface area contributed by atoms with E-state index < -0.39 is 5.79 Å². The van der Waals surface area contributed by atoms with Crippen LogP contribution >= 0.6 is 0 Å². The van der Waals surface area contributed by atoms with Crippen molar-refractivity contribution >= 4 is 5.91 Å². The average Bonchev–Trinajstić information content (AvgIpc) is 2.79. The summed E-state index contributed by atoms with van der Waals surface area (Å²) < 4.78 is 11.8. The van der Waals surface area contributed by atoms with Crippen LogP contribution in [0.5, 0.6) is 0 Å². The quantitative estimate of drug-likeness (QED) is 0.850. The lowest BCUT2D eigenvalue weighted by molar-refractivity contribution is -0.146. The lowest BCUT2D eigenvalue weighted by Crippen LogP contribution is -2.50. The van der Waals surface area contributed by atoms with E-state index in [1.165, 1.54) is 0 Å². The van der Waals surface area contributed by atoms with E-state index >= 15 is 0 Å². The molecule has 0 saturated carbocycles. The van der Waals surface area contributed by atoms with Crippen LogP contribution in [0.15, 0.2) is 43.0 Å². The smallest absolute Gasteiger partial charge is 0.251 e. The summed E-state index contributed by atoms with van der Waals surface area (Å²) in [4.78, 5) is 12.4. The Hall–Kier alpha value is -1.65. The number of hydrogen-bond acceptors (Lipinski definition) is 3. The molecule has 1 heterocycles. The molecule has 1 aliphatic rings. The molecule has 0 unspecified atom stereocenters. The summed E-state index contributed by atoms with van der Waals surface area (Å²) in [5.74, 6) is -0.568. The number of hydrogen-bond donors (Lipinski definition) is 1. The van der Waals surface area contributed by atoms with Gasteiger partial charge in [0.05, 0.1) is 6.04 Å². The highest BCUT2D eigenvalue weighted by Crippen LogP contribution is 2.32. The van der Waals surface area contributed by atoms with Gasteiger partial charge in [0.15, 0.2) is 5.79 Å². The van der Waals surface area contributed by atoms with Crippen LogP contribution in [0.4, 0.5) is 0 Å². The number of carbonyl (C=O) groups excluding carboxylic acids is 1. The molecule has 120 valence electrons. The van der Waals surface area contributed by atoms with E-state index in [1.807, 2.05) is 32.0 Å². The van der Waals surface area contributed by atoms with Gasteiger partial charge in [0.2, 0.25) is 0 Å². The Labute approximate surface area is 132 Å². The highest BCUT2D eigenvalue weighted by molar-refractivity contribution is 5.94. The maximum Gasteiger partial charge on any atom is 0.251 e. The highest BCUT2D eigenvalue weighted by Gasteiger charge is 2.45. The molecule has 1 aromatic carbocycles. The maximum absolute atomic E-state index is 12.4. The monoisotopic (exact) mass is 303 g/mol. The molecule has 22 heavy (non-hydrogen) atoms. The second-order valence-corrected chi connectivity index (χ2v) is 6.41. The molecule has 0 radical (unpaired) electrons. The zero-order valence-corrected chi connectivity index (χ0v) is 13.7. The van der Waals surface area contributed by atoms with Crippen molar-refractivity contribution in [3.05, 3.63) is 48.6 Å². The van der Waals surface area contributed by atoms with E-state index in [9.17, 15) is 4.79 Å². The van der Waals surface area contributed by atoms with Crippen molar-refractivity contribution in [2.75, 3.05) is 0 Å². The van der Waals surface area contributed by atoms with Gasteiger partial charge >= 0.3 is 0 Å². The molecule has 1 amide bonds. The Morgan fingerprint density at radius 2 is 1.91 bits per heavy atom. The van der Waals surface area contributed by atoms with Gasteiger partial charge in [-0.25, -0.2) is 0 Å². The predicted octanol–water partition coefficient (Wildman–Crippen LogP) is 3.15. The van der Waals surface area contributed by atoms with Gasteiger partial charge in [0.1, 0.15) is 12.2 Å². The zero-order valence-electron chi connectivity index (χ0n) is 13.7. The van der Waals surface area contributed by atoms with Gasteiger partial charge in [-0.1, -0.05) is 38.1 Å². The lowest BCUT2D eigenvalue weighted by atomic mass is 9.94. The number of carbonyl (C=O) groups is 1. The Morgan fingerprint density at radius 1 is 1.27 bits per heavy atom. The van der Waals surface area contributed by atoms with Gasteiger partial charge in [-0.15, -0.1) is 6.58 Å². The first-order valence-electron chi connectivity index (χ1n) is 7.68. The summed E-state index contributed by atoms with van der Waals surface area (Å²) in [6.07, 6.45) is 1.25. The Kier molecular flexibility index (Phi) is 5.04. The van der Waals surface area contributed by atoms with Crippen LogP contribution in [-0.4, -0.2) is 29.9 Å². The first-order chi connectivity index (χ1) is 10.3. The summed E-state index contributed by atoms with van der Waals surface area (Å²) in [5, 5.41) is 3.09. The fourth-order valence-electron chi connectivity index (χ4n) is 2.73. The van der Waals surface area contributed by atoms with Crippen molar-refractivity contribution in [2.24, 2.45) is 5.92 Å². The van der Waals surface area contributed by atoms with Crippen molar-refractivity contribution in [3.8, 4) is 0 Å². The molecule has 4 heteroatoms. The normalized spacial score (nSPS) is 25.0. The number of amides is 1. The Balaban J connectivity index is 2.17. The second kappa shape index (κ2) is 6.63. The zero-order chi connectivity index (χ0) is 16.3. The van der Waals surface area contributed by atoms with E-state index in [4.69, 9.17) is 9.47 Å². The van der Waals surface area contributed by atoms with Gasteiger partial charge in [-0.2, -0.15) is 0 Å². The molecule has 0 aliphatic carbocycles. The molecule has 4 nitrogen and oxygen atoms in total. The van der Waals surface area contributed by atoms with Gasteiger partial charge in [0, 0.05) is 5.56 Å². The second-order valence-electron chi connectivity index (χ2n) is 6.41. The van der Waals surface area contributed by atoms with Crippen LogP contribution in [0.1, 0.15) is 38.1 Å². The fraction of sp³-hybridized carbons (Fsp3) is 0.500. The minimum Gasteiger partial charge on any atom is -0.346 e. The van der Waals surface area contributed by atoms with Gasteiger partial charge < -0.3 is 14.8 Å². The van der Waals surface area contributed by atoms with Crippen LogP contribution in [0.2, 0.25) is 0 Å². The van der Waals surface area contributed by atoms with E-state index in [1.54, 1.807) is 18.2 Å². The minimum atomic E-state index is -0.672. The summed E-state index contributed by atoms with van der Waals surface area (Å²) in [5.41, 5.74) is 0.640. The van der Waals surface area contributed by atoms with Crippen molar-refractivity contribution < 1.29 is 14.3 Å². The molecule has 1 aromatic rings. The van der Waals surface area contributed by atoms with Crippen molar-refractivity contribution in [2.45, 2.75) is 51.7 Å². The molecule has 3 atom stereocenters. The first kappa shape index (κ1) is 16.7. The highest BCUT2D eigenvalue weighted by atomic mass is 16.8. The molecule has 1 saturated heterocycles. The third kappa shape index (κ3) is 3.76.